The molecule has 1 amide bonds. The van der Waals surface area contributed by atoms with E-state index in [0.29, 0.717) is 19.4 Å². The van der Waals surface area contributed by atoms with Gasteiger partial charge in [-0.3, -0.25) is 4.79 Å². The van der Waals surface area contributed by atoms with Crippen LogP contribution in [0.3, 0.4) is 0 Å². The Morgan fingerprint density at radius 2 is 1.55 bits per heavy atom. The van der Waals surface area contributed by atoms with Crippen LogP contribution >= 0.6 is 11.8 Å². The number of rotatable bonds is 6. The minimum Gasteiger partial charge on any atom is -0.325 e. The molecule has 1 aliphatic heterocycles. The molecule has 1 aliphatic rings. The van der Waals surface area contributed by atoms with E-state index in [9.17, 15) is 13.2 Å². The van der Waals surface area contributed by atoms with Crippen molar-refractivity contribution in [3.05, 3.63) is 84.9 Å². The molecule has 1 heterocycles. The maximum Gasteiger partial charge on any atom is 0.243 e. The number of hydrogen-bond acceptors (Lipinski definition) is 4. The Labute approximate surface area is 187 Å². The van der Waals surface area contributed by atoms with Crippen molar-refractivity contribution >= 4 is 33.4 Å². The van der Waals surface area contributed by atoms with Gasteiger partial charge in [0.15, 0.2) is 0 Å². The van der Waals surface area contributed by atoms with E-state index in [4.69, 9.17) is 0 Å². The lowest BCUT2D eigenvalue weighted by atomic mass is 9.99. The average Bonchev–Trinajstić information content (AvgIpc) is 2.81. The molecule has 4 rings (SSSR count). The number of nitrogens with zero attached hydrogens (tertiary/aromatic N) is 1. The minimum absolute atomic E-state index is 0.144. The van der Waals surface area contributed by atoms with Crippen molar-refractivity contribution < 1.29 is 13.2 Å². The van der Waals surface area contributed by atoms with E-state index in [0.717, 1.165) is 15.5 Å². The highest BCUT2D eigenvalue weighted by Gasteiger charge is 2.33. The highest BCUT2D eigenvalue weighted by Crippen LogP contribution is 2.34. The van der Waals surface area contributed by atoms with E-state index in [1.165, 1.54) is 4.31 Å². The summed E-state index contributed by atoms with van der Waals surface area (Å²) in [4.78, 5) is 15.3. The Morgan fingerprint density at radius 1 is 0.903 bits per heavy atom. The number of benzene rings is 3. The molecular formula is C24H24N2O3S2. The van der Waals surface area contributed by atoms with Crippen LogP contribution in [0.5, 0.6) is 0 Å². The molecule has 1 fully saturated rings. The van der Waals surface area contributed by atoms with Gasteiger partial charge < -0.3 is 5.32 Å². The molecule has 0 aliphatic carbocycles. The number of carbonyl (C=O) groups is 1. The molecule has 0 aromatic heterocycles. The summed E-state index contributed by atoms with van der Waals surface area (Å²) >= 11 is 1.58. The van der Waals surface area contributed by atoms with Gasteiger partial charge in [0.05, 0.1) is 16.5 Å². The lowest BCUT2D eigenvalue weighted by Crippen LogP contribution is -2.43. The van der Waals surface area contributed by atoms with Crippen LogP contribution in [0, 0.1) is 5.92 Å². The van der Waals surface area contributed by atoms with E-state index >= 15 is 0 Å². The number of para-hydroxylation sites is 1. The van der Waals surface area contributed by atoms with E-state index < -0.39 is 10.0 Å². The molecule has 160 valence electrons. The monoisotopic (exact) mass is 452 g/mol. The van der Waals surface area contributed by atoms with Crippen molar-refractivity contribution in [3.8, 4) is 0 Å². The maximum atomic E-state index is 13.0. The Hall–Kier alpha value is -2.61. The zero-order valence-electron chi connectivity index (χ0n) is 17.0. The molecule has 3 aromatic rings. The van der Waals surface area contributed by atoms with Crippen LogP contribution in [-0.2, 0) is 14.8 Å². The fraction of sp³-hybridized carbons (Fsp3) is 0.208. The highest BCUT2D eigenvalue weighted by molar-refractivity contribution is 7.99. The van der Waals surface area contributed by atoms with Gasteiger partial charge in [-0.05, 0) is 49.2 Å². The number of sulfonamides is 1. The molecule has 1 N–H and O–H groups in total. The van der Waals surface area contributed by atoms with Crippen LogP contribution in [0.15, 0.2) is 99.6 Å². The van der Waals surface area contributed by atoms with Crippen LogP contribution in [-0.4, -0.2) is 31.7 Å². The molecule has 1 saturated heterocycles. The van der Waals surface area contributed by atoms with Crippen molar-refractivity contribution in [2.24, 2.45) is 5.92 Å². The van der Waals surface area contributed by atoms with Gasteiger partial charge in [-0.1, -0.05) is 60.3 Å². The first-order chi connectivity index (χ1) is 15.0. The summed E-state index contributed by atoms with van der Waals surface area (Å²) in [5, 5.41) is 3.03. The van der Waals surface area contributed by atoms with Crippen molar-refractivity contribution in [1.82, 2.24) is 4.31 Å². The largest absolute Gasteiger partial charge is 0.325 e. The second-order valence-corrected chi connectivity index (χ2v) is 10.5. The molecule has 5 nitrogen and oxygen atoms in total. The van der Waals surface area contributed by atoms with Gasteiger partial charge in [0.2, 0.25) is 15.9 Å². The zero-order chi connectivity index (χ0) is 21.7. The number of hydrogen-bond donors (Lipinski definition) is 1. The SMILES string of the molecule is O=C(Nc1ccccc1Sc1ccccc1)[C@H]1CCCN(S(=O)(=O)c2ccccc2)C1. The summed E-state index contributed by atoms with van der Waals surface area (Å²) in [5.41, 5.74) is 0.740. The molecule has 31 heavy (non-hydrogen) atoms. The third-order valence-electron chi connectivity index (χ3n) is 5.25. The smallest absolute Gasteiger partial charge is 0.243 e. The summed E-state index contributed by atoms with van der Waals surface area (Å²) in [5.74, 6) is -0.531. The number of nitrogens with one attached hydrogen (secondary N) is 1. The van der Waals surface area contributed by atoms with Crippen molar-refractivity contribution in [1.29, 1.82) is 0 Å². The van der Waals surface area contributed by atoms with Gasteiger partial charge in [-0.25, -0.2) is 8.42 Å². The summed E-state index contributed by atoms with van der Waals surface area (Å²) in [6.45, 7) is 0.624. The zero-order valence-corrected chi connectivity index (χ0v) is 18.6. The van der Waals surface area contributed by atoms with Crippen LogP contribution in [0.4, 0.5) is 5.69 Å². The minimum atomic E-state index is -3.60. The summed E-state index contributed by atoms with van der Waals surface area (Å²) in [6.07, 6.45) is 1.32. The van der Waals surface area contributed by atoms with Crippen LogP contribution < -0.4 is 5.32 Å². The van der Waals surface area contributed by atoms with Crippen molar-refractivity contribution in [2.45, 2.75) is 27.5 Å². The lowest BCUT2D eigenvalue weighted by molar-refractivity contribution is -0.120. The van der Waals surface area contributed by atoms with Gasteiger partial charge in [0, 0.05) is 22.9 Å². The Morgan fingerprint density at radius 3 is 2.29 bits per heavy atom. The van der Waals surface area contributed by atoms with E-state index in [1.807, 2.05) is 54.6 Å². The molecule has 0 unspecified atom stereocenters. The first kappa shape index (κ1) is 21.6. The molecule has 0 radical (unpaired) electrons. The number of amides is 1. The molecule has 7 heteroatoms. The Bertz CT molecular complexity index is 1140. The third kappa shape index (κ3) is 5.18. The predicted octanol–water partition coefficient (Wildman–Crippen LogP) is 4.88. The van der Waals surface area contributed by atoms with Gasteiger partial charge in [0.25, 0.3) is 0 Å². The summed E-state index contributed by atoms with van der Waals surface area (Å²) in [7, 11) is -3.60. The van der Waals surface area contributed by atoms with E-state index in [-0.39, 0.29) is 23.3 Å². The van der Waals surface area contributed by atoms with E-state index in [2.05, 4.69) is 5.32 Å². The molecule has 0 bridgehead atoms. The maximum absolute atomic E-state index is 13.0. The molecule has 3 aromatic carbocycles. The van der Waals surface area contributed by atoms with Crippen molar-refractivity contribution in [2.75, 3.05) is 18.4 Å². The molecule has 0 saturated carbocycles. The van der Waals surface area contributed by atoms with E-state index in [1.54, 1.807) is 42.1 Å². The molecule has 1 atom stereocenters. The molecular weight excluding hydrogens is 428 g/mol. The van der Waals surface area contributed by atoms with Crippen LogP contribution in [0.2, 0.25) is 0 Å². The first-order valence-electron chi connectivity index (χ1n) is 10.2. The number of piperidine rings is 1. The standard InChI is InChI=1S/C24H24N2O3S2/c27-24(25-22-15-7-8-16-23(22)30-20-11-3-1-4-12-20)19-10-9-17-26(18-19)31(28,29)21-13-5-2-6-14-21/h1-8,11-16,19H,9-10,17-18H2,(H,25,27)/t19-/m0/s1. The lowest BCUT2D eigenvalue weighted by Gasteiger charge is -2.31. The first-order valence-corrected chi connectivity index (χ1v) is 12.5. The van der Waals surface area contributed by atoms with Gasteiger partial charge in [-0.2, -0.15) is 4.31 Å². The summed E-state index contributed by atoms with van der Waals surface area (Å²) < 4.78 is 27.4. The second-order valence-electron chi connectivity index (χ2n) is 7.42. The number of anilines is 1. The quantitative estimate of drug-likeness (QED) is 0.579. The average molecular weight is 453 g/mol. The van der Waals surface area contributed by atoms with Crippen LogP contribution in [0.25, 0.3) is 0 Å². The topological polar surface area (TPSA) is 66.5 Å². The number of carbonyl (C=O) groups excluding carboxylic acids is 1. The summed E-state index contributed by atoms with van der Waals surface area (Å²) in [6, 6.07) is 26.1. The van der Waals surface area contributed by atoms with Gasteiger partial charge >= 0.3 is 0 Å². The van der Waals surface area contributed by atoms with Gasteiger partial charge in [-0.15, -0.1) is 0 Å². The fourth-order valence-electron chi connectivity index (χ4n) is 3.63. The second kappa shape index (κ2) is 9.68. The van der Waals surface area contributed by atoms with Crippen molar-refractivity contribution in [3.63, 3.8) is 0 Å². The highest BCUT2D eigenvalue weighted by atomic mass is 32.2. The predicted molar refractivity (Wildman–Crippen MR) is 124 cm³/mol. The van der Waals surface area contributed by atoms with Crippen LogP contribution in [0.1, 0.15) is 12.8 Å². The Balaban J connectivity index is 1.47. The third-order valence-corrected chi connectivity index (χ3v) is 8.21. The normalized spacial score (nSPS) is 17.2. The Kier molecular flexibility index (Phi) is 6.75. The van der Waals surface area contributed by atoms with Gasteiger partial charge in [0.1, 0.15) is 0 Å². The fourth-order valence-corrected chi connectivity index (χ4v) is 6.09. The molecule has 0 spiro atoms.